The van der Waals surface area contributed by atoms with Crippen LogP contribution in [0.1, 0.15) is 26.2 Å². The molecule has 1 heterocycles. The molecule has 1 N–H and O–H groups in total. The van der Waals surface area contributed by atoms with Crippen LogP contribution in [0, 0.1) is 0 Å². The lowest BCUT2D eigenvalue weighted by Gasteiger charge is -2.16. The minimum Gasteiger partial charge on any atom is -0.338 e. The van der Waals surface area contributed by atoms with Gasteiger partial charge in [-0.2, -0.15) is 13.2 Å². The fourth-order valence-corrected chi connectivity index (χ4v) is 3.02. The number of allylic oxidation sites excluding steroid dienone is 4. The van der Waals surface area contributed by atoms with Crippen LogP contribution in [-0.4, -0.2) is 28.2 Å². The number of halogens is 3. The zero-order valence-electron chi connectivity index (χ0n) is 14.5. The SMILES string of the molecule is C=N/C(=C\SCCC)C(=C)Nc1cn(C2=CCCC(C(F)(F)F)=C2)cn1. The highest BCUT2D eigenvalue weighted by molar-refractivity contribution is 8.02. The minimum absolute atomic E-state index is 0.00179. The number of hydrogen-bond donors (Lipinski definition) is 1. The molecule has 0 radical (unpaired) electrons. The van der Waals surface area contributed by atoms with Gasteiger partial charge in [0.2, 0.25) is 0 Å². The van der Waals surface area contributed by atoms with E-state index in [1.165, 1.54) is 6.33 Å². The summed E-state index contributed by atoms with van der Waals surface area (Å²) in [5, 5.41) is 4.87. The largest absolute Gasteiger partial charge is 0.412 e. The summed E-state index contributed by atoms with van der Waals surface area (Å²) in [6.45, 7) is 9.53. The van der Waals surface area contributed by atoms with E-state index in [-0.39, 0.29) is 6.42 Å². The third-order valence-corrected chi connectivity index (χ3v) is 4.64. The second-order valence-corrected chi connectivity index (χ2v) is 6.61. The highest BCUT2D eigenvalue weighted by Gasteiger charge is 2.34. The smallest absolute Gasteiger partial charge is 0.338 e. The first kappa shape index (κ1) is 20.1. The summed E-state index contributed by atoms with van der Waals surface area (Å²) in [7, 11) is 0. The van der Waals surface area contributed by atoms with Crippen LogP contribution < -0.4 is 5.32 Å². The molecule has 4 nitrogen and oxygen atoms in total. The molecule has 26 heavy (non-hydrogen) atoms. The number of anilines is 1. The van der Waals surface area contributed by atoms with Gasteiger partial charge in [-0.15, -0.1) is 11.8 Å². The van der Waals surface area contributed by atoms with Crippen LogP contribution >= 0.6 is 11.8 Å². The van der Waals surface area contributed by atoms with Gasteiger partial charge in [0, 0.05) is 11.3 Å². The van der Waals surface area contributed by atoms with Crippen molar-refractivity contribution in [2.75, 3.05) is 11.1 Å². The fraction of sp³-hybridized carbons (Fsp3) is 0.333. The fourth-order valence-electron chi connectivity index (χ4n) is 2.30. The maximum Gasteiger partial charge on any atom is 0.412 e. The average Bonchev–Trinajstić information content (AvgIpc) is 3.06. The highest BCUT2D eigenvalue weighted by Crippen LogP contribution is 2.34. The van der Waals surface area contributed by atoms with Crippen molar-refractivity contribution in [1.29, 1.82) is 0 Å². The Morgan fingerprint density at radius 3 is 2.92 bits per heavy atom. The third kappa shape index (κ3) is 5.39. The Balaban J connectivity index is 2.09. The molecule has 1 aromatic rings. The summed E-state index contributed by atoms with van der Waals surface area (Å²) in [6, 6.07) is 0. The standard InChI is InChI=1S/C18H21F3N4S/c1-4-8-26-11-16(22-3)13(2)24-17-10-25(12-23-17)15-7-5-6-14(9-15)18(19,20)21/h7,9-12,24H,2-6,8H2,1H3/b16-11-. The number of rotatable bonds is 8. The van der Waals surface area contributed by atoms with Gasteiger partial charge >= 0.3 is 6.18 Å². The van der Waals surface area contributed by atoms with Crippen LogP contribution in [0.25, 0.3) is 5.70 Å². The summed E-state index contributed by atoms with van der Waals surface area (Å²) < 4.78 is 40.2. The van der Waals surface area contributed by atoms with Crippen LogP contribution in [0.2, 0.25) is 0 Å². The Kier molecular flexibility index (Phi) is 6.90. The van der Waals surface area contributed by atoms with E-state index >= 15 is 0 Å². The van der Waals surface area contributed by atoms with E-state index in [0.29, 0.717) is 29.3 Å². The number of aromatic nitrogens is 2. The van der Waals surface area contributed by atoms with Gasteiger partial charge in [0.1, 0.15) is 12.1 Å². The quantitative estimate of drug-likeness (QED) is 0.361. The van der Waals surface area contributed by atoms with Crippen LogP contribution in [0.15, 0.2) is 58.6 Å². The number of aliphatic imine (C=N–C) groups is 1. The number of nitrogens with zero attached hydrogens (tertiary/aromatic N) is 3. The van der Waals surface area contributed by atoms with E-state index in [1.807, 2.05) is 5.41 Å². The summed E-state index contributed by atoms with van der Waals surface area (Å²) in [6.07, 6.45) is 3.07. The molecule has 0 fully saturated rings. The van der Waals surface area contributed by atoms with E-state index in [1.54, 1.807) is 28.6 Å². The number of alkyl halides is 3. The number of nitrogens with one attached hydrogen (secondary N) is 1. The molecule has 2 rings (SSSR count). The van der Waals surface area contributed by atoms with Crippen molar-refractivity contribution in [3.8, 4) is 0 Å². The monoisotopic (exact) mass is 382 g/mol. The average molecular weight is 382 g/mol. The van der Waals surface area contributed by atoms with Crippen molar-refractivity contribution in [3.05, 3.63) is 53.6 Å². The van der Waals surface area contributed by atoms with Gasteiger partial charge in [-0.3, -0.25) is 4.99 Å². The van der Waals surface area contributed by atoms with Crippen LogP contribution in [0.5, 0.6) is 0 Å². The highest BCUT2D eigenvalue weighted by atomic mass is 32.2. The molecule has 0 saturated carbocycles. The van der Waals surface area contributed by atoms with Crippen molar-refractivity contribution in [2.24, 2.45) is 4.99 Å². The Morgan fingerprint density at radius 2 is 2.27 bits per heavy atom. The minimum atomic E-state index is -4.30. The molecule has 0 aliphatic heterocycles. The molecular formula is C18H21F3N4S. The maximum atomic E-state index is 12.9. The molecule has 0 amide bonds. The van der Waals surface area contributed by atoms with Crippen LogP contribution in [0.3, 0.4) is 0 Å². The summed E-state index contributed by atoms with van der Waals surface area (Å²) in [5.41, 5.74) is 1.05. The van der Waals surface area contributed by atoms with Gasteiger partial charge in [-0.1, -0.05) is 19.6 Å². The first-order valence-electron chi connectivity index (χ1n) is 8.12. The van der Waals surface area contributed by atoms with Crippen molar-refractivity contribution in [1.82, 2.24) is 9.55 Å². The third-order valence-electron chi connectivity index (χ3n) is 3.61. The summed E-state index contributed by atoms with van der Waals surface area (Å²) in [4.78, 5) is 8.11. The van der Waals surface area contributed by atoms with E-state index in [0.717, 1.165) is 18.2 Å². The molecule has 0 aromatic carbocycles. The van der Waals surface area contributed by atoms with Crippen molar-refractivity contribution < 1.29 is 13.2 Å². The molecule has 1 aliphatic rings. The first-order valence-corrected chi connectivity index (χ1v) is 9.17. The number of thioether (sulfide) groups is 1. The van der Waals surface area contributed by atoms with Crippen molar-refractivity contribution in [3.63, 3.8) is 0 Å². The van der Waals surface area contributed by atoms with Crippen molar-refractivity contribution in [2.45, 2.75) is 32.4 Å². The van der Waals surface area contributed by atoms with Crippen LogP contribution in [0.4, 0.5) is 19.0 Å². The topological polar surface area (TPSA) is 42.2 Å². The zero-order chi connectivity index (χ0) is 19.2. The summed E-state index contributed by atoms with van der Waals surface area (Å²) in [5.74, 6) is 1.43. The Hall–Kier alpha value is -2.22. The van der Waals surface area contributed by atoms with Gasteiger partial charge < -0.3 is 9.88 Å². The predicted molar refractivity (Wildman–Crippen MR) is 103 cm³/mol. The van der Waals surface area contributed by atoms with Gasteiger partial charge in [-0.05, 0) is 43.2 Å². The lowest BCUT2D eigenvalue weighted by Crippen LogP contribution is -2.14. The van der Waals surface area contributed by atoms with E-state index in [2.05, 4.69) is 35.5 Å². The van der Waals surface area contributed by atoms with Crippen molar-refractivity contribution >= 4 is 30.0 Å². The van der Waals surface area contributed by atoms with Gasteiger partial charge in [0.05, 0.1) is 17.6 Å². The Morgan fingerprint density at radius 1 is 1.50 bits per heavy atom. The molecule has 1 aliphatic carbocycles. The molecule has 140 valence electrons. The normalized spacial score (nSPS) is 15.3. The molecule has 0 bridgehead atoms. The molecule has 0 atom stereocenters. The molecule has 0 saturated heterocycles. The molecule has 8 heteroatoms. The maximum absolute atomic E-state index is 12.9. The Labute approximate surface area is 155 Å². The first-order chi connectivity index (χ1) is 12.3. The molecule has 0 spiro atoms. The second kappa shape index (κ2) is 8.93. The number of imidazole rings is 1. The van der Waals surface area contributed by atoms with Gasteiger partial charge in [-0.25, -0.2) is 4.98 Å². The zero-order valence-corrected chi connectivity index (χ0v) is 15.3. The number of hydrogen-bond acceptors (Lipinski definition) is 4. The Bertz CT molecular complexity index is 757. The lowest BCUT2D eigenvalue weighted by molar-refractivity contribution is -0.0940. The molecule has 0 unspecified atom stereocenters. The molecular weight excluding hydrogens is 361 g/mol. The summed E-state index contributed by atoms with van der Waals surface area (Å²) >= 11 is 1.61. The predicted octanol–water partition coefficient (Wildman–Crippen LogP) is 5.62. The van der Waals surface area contributed by atoms with Crippen LogP contribution in [-0.2, 0) is 0 Å². The van der Waals surface area contributed by atoms with E-state index in [9.17, 15) is 13.2 Å². The van der Waals surface area contributed by atoms with E-state index < -0.39 is 11.7 Å². The van der Waals surface area contributed by atoms with E-state index in [4.69, 9.17) is 0 Å². The molecule has 1 aromatic heterocycles. The lowest BCUT2D eigenvalue weighted by atomic mass is 10.0. The second-order valence-electron chi connectivity index (χ2n) is 5.64. The van der Waals surface area contributed by atoms with Gasteiger partial charge in [0.25, 0.3) is 0 Å². The van der Waals surface area contributed by atoms with Gasteiger partial charge in [0.15, 0.2) is 0 Å².